The van der Waals surface area contributed by atoms with Gasteiger partial charge in [-0.05, 0) is 23.7 Å². The smallest absolute Gasteiger partial charge is 0.223 e. The van der Waals surface area contributed by atoms with Crippen LogP contribution in [-0.4, -0.2) is 29.9 Å². The molecule has 3 nitrogen and oxygen atoms in total. The Morgan fingerprint density at radius 1 is 1.56 bits per heavy atom. The Kier molecular flexibility index (Phi) is 3.42. The molecule has 2 aliphatic rings. The fraction of sp³-hybridized carbons (Fsp3) is 0.800. The third kappa shape index (κ3) is 2.27. The van der Waals surface area contributed by atoms with Gasteiger partial charge in [0.25, 0.3) is 0 Å². The lowest BCUT2D eigenvalue weighted by atomic mass is 9.80. The number of amides is 1. The number of likely N-dealkylation sites (tertiary alicyclic amines) is 1. The van der Waals surface area contributed by atoms with Crippen molar-refractivity contribution in [2.75, 3.05) is 13.1 Å². The molecule has 0 aromatic carbocycles. The van der Waals surface area contributed by atoms with Crippen molar-refractivity contribution in [3.05, 3.63) is 0 Å². The van der Waals surface area contributed by atoms with Crippen molar-refractivity contribution in [3.63, 3.8) is 0 Å². The third-order valence-corrected chi connectivity index (χ3v) is 4.84. The Morgan fingerprint density at radius 3 is 2.67 bits per heavy atom. The van der Waals surface area contributed by atoms with E-state index in [0.29, 0.717) is 24.8 Å². The van der Waals surface area contributed by atoms with Gasteiger partial charge < -0.3 is 10.6 Å². The summed E-state index contributed by atoms with van der Waals surface area (Å²) in [4.78, 5) is 13.8. The number of nitrogens with zero attached hydrogens (tertiary/aromatic N) is 1. The molecule has 0 aromatic heterocycles. The van der Waals surface area contributed by atoms with Gasteiger partial charge in [0.15, 0.2) is 0 Å². The maximum absolute atomic E-state index is 11.9. The highest BCUT2D eigenvalue weighted by Gasteiger charge is 2.46. The first-order chi connectivity index (χ1) is 8.35. The van der Waals surface area contributed by atoms with E-state index in [1.165, 1.54) is 0 Å². The Bertz CT molecular complexity index is 382. The molecule has 1 amide bonds. The zero-order chi connectivity index (χ0) is 13.5. The van der Waals surface area contributed by atoms with Crippen molar-refractivity contribution in [2.24, 2.45) is 28.9 Å². The molecule has 1 aliphatic carbocycles. The number of hydrogen-bond donors (Lipinski definition) is 1. The number of carbonyl (C=O) groups excluding carboxylic acids is 1. The highest BCUT2D eigenvalue weighted by atomic mass is 16.2. The standard InChI is InChI=1S/C15H24N2O/c1-5-11-6-13(18)17(8-11)9-12-14(16)10(2)7-15(12,3)4/h1,10-12,14H,6-9,16H2,2-4H3. The molecular formula is C15H24N2O. The molecule has 1 saturated carbocycles. The number of hydrogen-bond acceptors (Lipinski definition) is 2. The van der Waals surface area contributed by atoms with Gasteiger partial charge in [0.1, 0.15) is 0 Å². The molecule has 0 radical (unpaired) electrons. The van der Waals surface area contributed by atoms with Gasteiger partial charge in [0.2, 0.25) is 5.91 Å². The van der Waals surface area contributed by atoms with Gasteiger partial charge in [0.05, 0.1) is 0 Å². The predicted molar refractivity (Wildman–Crippen MR) is 72.5 cm³/mol. The molecule has 0 aromatic rings. The summed E-state index contributed by atoms with van der Waals surface area (Å²) in [6.07, 6.45) is 7.06. The minimum atomic E-state index is 0.0932. The summed E-state index contributed by atoms with van der Waals surface area (Å²) in [6.45, 7) is 8.22. The van der Waals surface area contributed by atoms with Crippen molar-refractivity contribution in [3.8, 4) is 12.3 Å². The zero-order valence-electron chi connectivity index (χ0n) is 11.6. The molecule has 1 aliphatic heterocycles. The summed E-state index contributed by atoms with van der Waals surface area (Å²) in [6, 6.07) is 0.192. The first kappa shape index (κ1) is 13.4. The van der Waals surface area contributed by atoms with Crippen LogP contribution in [0, 0.1) is 35.5 Å². The lowest BCUT2D eigenvalue weighted by Gasteiger charge is -2.33. The maximum Gasteiger partial charge on any atom is 0.223 e. The summed E-state index contributed by atoms with van der Waals surface area (Å²) in [5.74, 6) is 3.90. The van der Waals surface area contributed by atoms with Crippen molar-refractivity contribution < 1.29 is 4.79 Å². The SMILES string of the molecule is C#CC1CC(=O)N(CC2C(N)C(C)CC2(C)C)C1. The van der Waals surface area contributed by atoms with Crippen LogP contribution in [0.25, 0.3) is 0 Å². The minimum absolute atomic E-state index is 0.0932. The molecule has 0 spiro atoms. The molecule has 4 unspecified atom stereocenters. The van der Waals surface area contributed by atoms with Crippen molar-refractivity contribution in [2.45, 2.75) is 39.7 Å². The molecule has 1 saturated heterocycles. The van der Waals surface area contributed by atoms with E-state index in [1.54, 1.807) is 0 Å². The van der Waals surface area contributed by atoms with E-state index >= 15 is 0 Å². The van der Waals surface area contributed by atoms with Crippen LogP contribution in [0.15, 0.2) is 0 Å². The summed E-state index contributed by atoms with van der Waals surface area (Å²) in [5.41, 5.74) is 6.53. The zero-order valence-corrected chi connectivity index (χ0v) is 11.6. The number of nitrogens with two attached hydrogens (primary N) is 1. The van der Waals surface area contributed by atoms with Gasteiger partial charge >= 0.3 is 0 Å². The molecule has 100 valence electrons. The fourth-order valence-corrected chi connectivity index (χ4v) is 3.70. The van der Waals surface area contributed by atoms with Gasteiger partial charge in [-0.25, -0.2) is 0 Å². The Balaban J connectivity index is 2.06. The van der Waals surface area contributed by atoms with E-state index in [2.05, 4.69) is 26.7 Å². The molecule has 0 bridgehead atoms. The largest absolute Gasteiger partial charge is 0.341 e. The van der Waals surface area contributed by atoms with Gasteiger partial charge in [0, 0.05) is 31.5 Å². The molecule has 3 heteroatoms. The lowest BCUT2D eigenvalue weighted by molar-refractivity contribution is -0.128. The van der Waals surface area contributed by atoms with Crippen molar-refractivity contribution in [1.82, 2.24) is 4.90 Å². The molecule has 18 heavy (non-hydrogen) atoms. The van der Waals surface area contributed by atoms with Crippen LogP contribution in [0.2, 0.25) is 0 Å². The van der Waals surface area contributed by atoms with Crippen LogP contribution in [-0.2, 0) is 4.79 Å². The van der Waals surface area contributed by atoms with Crippen molar-refractivity contribution in [1.29, 1.82) is 0 Å². The maximum atomic E-state index is 11.9. The quantitative estimate of drug-likeness (QED) is 0.752. The first-order valence-electron chi connectivity index (χ1n) is 6.84. The van der Waals surface area contributed by atoms with E-state index in [4.69, 9.17) is 12.2 Å². The van der Waals surface area contributed by atoms with Gasteiger partial charge in [-0.15, -0.1) is 12.3 Å². The summed E-state index contributed by atoms with van der Waals surface area (Å²) in [7, 11) is 0. The Morgan fingerprint density at radius 2 is 2.22 bits per heavy atom. The van der Waals surface area contributed by atoms with Crippen molar-refractivity contribution >= 4 is 5.91 Å². The normalized spacial score (nSPS) is 39.1. The number of carbonyl (C=O) groups is 1. The number of terminal acetylenes is 1. The van der Waals surface area contributed by atoms with E-state index in [0.717, 1.165) is 13.0 Å². The summed E-state index contributed by atoms with van der Waals surface area (Å²) < 4.78 is 0. The van der Waals surface area contributed by atoms with Crippen LogP contribution in [0.4, 0.5) is 0 Å². The monoisotopic (exact) mass is 248 g/mol. The lowest BCUT2D eigenvalue weighted by Crippen LogP contribution is -2.43. The molecule has 2 rings (SSSR count). The van der Waals surface area contributed by atoms with Crippen LogP contribution < -0.4 is 5.73 Å². The Labute approximate surface area is 110 Å². The van der Waals surface area contributed by atoms with Gasteiger partial charge in [-0.2, -0.15) is 0 Å². The van der Waals surface area contributed by atoms with E-state index in [-0.39, 0.29) is 23.3 Å². The van der Waals surface area contributed by atoms with Crippen LogP contribution in [0.3, 0.4) is 0 Å². The van der Waals surface area contributed by atoms with Crippen LogP contribution in [0.5, 0.6) is 0 Å². The first-order valence-corrected chi connectivity index (χ1v) is 6.84. The summed E-state index contributed by atoms with van der Waals surface area (Å²) in [5, 5.41) is 0. The predicted octanol–water partition coefficient (Wildman–Crippen LogP) is 1.48. The van der Waals surface area contributed by atoms with E-state index in [9.17, 15) is 4.79 Å². The fourth-order valence-electron chi connectivity index (χ4n) is 3.70. The number of rotatable bonds is 2. The highest BCUT2D eigenvalue weighted by molar-refractivity contribution is 5.79. The minimum Gasteiger partial charge on any atom is -0.341 e. The Hall–Kier alpha value is -1.01. The second-order valence-electron chi connectivity index (χ2n) is 6.72. The van der Waals surface area contributed by atoms with Crippen LogP contribution in [0.1, 0.15) is 33.6 Å². The second kappa shape index (κ2) is 4.59. The van der Waals surface area contributed by atoms with Gasteiger partial charge in [-0.1, -0.05) is 20.8 Å². The van der Waals surface area contributed by atoms with Crippen LogP contribution >= 0.6 is 0 Å². The average molecular weight is 248 g/mol. The molecule has 2 N–H and O–H groups in total. The second-order valence-corrected chi connectivity index (χ2v) is 6.72. The van der Waals surface area contributed by atoms with Gasteiger partial charge in [-0.3, -0.25) is 4.79 Å². The molecule has 4 atom stereocenters. The highest BCUT2D eigenvalue weighted by Crippen LogP contribution is 2.45. The van der Waals surface area contributed by atoms with E-state index < -0.39 is 0 Å². The summed E-state index contributed by atoms with van der Waals surface area (Å²) >= 11 is 0. The average Bonchev–Trinajstić information content (AvgIpc) is 2.72. The molecular weight excluding hydrogens is 224 g/mol. The van der Waals surface area contributed by atoms with E-state index in [1.807, 2.05) is 4.90 Å². The third-order valence-electron chi connectivity index (χ3n) is 4.84. The molecule has 1 heterocycles. The topological polar surface area (TPSA) is 46.3 Å². The molecule has 2 fully saturated rings.